The average molecular weight is 171 g/mol. The lowest BCUT2D eigenvalue weighted by Crippen LogP contribution is -2.54. The van der Waals surface area contributed by atoms with Crippen molar-refractivity contribution in [1.82, 2.24) is 5.32 Å². The molecule has 1 heterocycles. The number of hydrogen-bond donors (Lipinski definition) is 1. The van der Waals surface area contributed by atoms with Crippen LogP contribution < -0.4 is 5.32 Å². The number of hydrogen-bond acceptors (Lipinski definition) is 3. The largest absolute Gasteiger partial charge is 0.450 e. The molecule has 0 spiro atoms. The van der Waals surface area contributed by atoms with E-state index in [1.165, 1.54) is 0 Å². The number of amides is 1. The van der Waals surface area contributed by atoms with Gasteiger partial charge in [-0.15, -0.1) is 0 Å². The van der Waals surface area contributed by atoms with Gasteiger partial charge in [0.1, 0.15) is 6.04 Å². The van der Waals surface area contributed by atoms with Crippen molar-refractivity contribution >= 4 is 11.9 Å². The molecular weight excluding hydrogens is 158 g/mol. The van der Waals surface area contributed by atoms with Crippen molar-refractivity contribution in [2.45, 2.75) is 32.9 Å². The van der Waals surface area contributed by atoms with Gasteiger partial charge in [0.05, 0.1) is 0 Å². The van der Waals surface area contributed by atoms with Gasteiger partial charge < -0.3 is 10.1 Å². The molecule has 1 N–H and O–H groups in total. The van der Waals surface area contributed by atoms with E-state index in [0.717, 1.165) is 0 Å². The molecule has 4 nitrogen and oxygen atoms in total. The van der Waals surface area contributed by atoms with Gasteiger partial charge in [-0.1, -0.05) is 13.8 Å². The highest BCUT2D eigenvalue weighted by atomic mass is 16.6. The fraction of sp³-hybridized carbons (Fsp3) is 0.750. The molecule has 0 saturated carbocycles. The van der Waals surface area contributed by atoms with Crippen molar-refractivity contribution in [2.75, 3.05) is 0 Å². The third-order valence-corrected chi connectivity index (χ3v) is 1.82. The van der Waals surface area contributed by atoms with E-state index >= 15 is 0 Å². The van der Waals surface area contributed by atoms with Crippen LogP contribution in [0.15, 0.2) is 0 Å². The molecular formula is C8H13NO3. The zero-order valence-electron chi connectivity index (χ0n) is 7.46. The summed E-state index contributed by atoms with van der Waals surface area (Å²) in [6.07, 6.45) is -0.617. The predicted octanol–water partition coefficient (Wildman–Crippen LogP) is 0.0725. The first-order valence-electron chi connectivity index (χ1n) is 4.03. The summed E-state index contributed by atoms with van der Waals surface area (Å²) >= 11 is 0. The Bertz CT molecular complexity index is 212. The average Bonchev–Trinajstić information content (AvgIpc) is 1.96. The lowest BCUT2D eigenvalue weighted by Gasteiger charge is -2.28. The van der Waals surface area contributed by atoms with Crippen molar-refractivity contribution in [3.63, 3.8) is 0 Å². The van der Waals surface area contributed by atoms with Crippen LogP contribution in [0, 0.1) is 5.92 Å². The summed E-state index contributed by atoms with van der Waals surface area (Å²) in [6, 6.07) is -0.507. The van der Waals surface area contributed by atoms with Gasteiger partial charge in [0, 0.05) is 0 Å². The van der Waals surface area contributed by atoms with Gasteiger partial charge in [0.2, 0.25) is 0 Å². The number of rotatable bonds is 1. The van der Waals surface area contributed by atoms with Crippen LogP contribution in [-0.4, -0.2) is 24.0 Å². The molecule has 1 amide bonds. The summed E-state index contributed by atoms with van der Waals surface area (Å²) in [7, 11) is 0. The number of nitrogens with one attached hydrogen (secondary N) is 1. The van der Waals surface area contributed by atoms with E-state index in [4.69, 9.17) is 4.74 Å². The molecule has 1 aliphatic rings. The number of carbonyl (C=O) groups excluding carboxylic acids is 2. The molecule has 0 aromatic rings. The minimum atomic E-state index is -0.617. The Hall–Kier alpha value is -1.06. The molecule has 2 atom stereocenters. The predicted molar refractivity (Wildman–Crippen MR) is 42.3 cm³/mol. The third-order valence-electron chi connectivity index (χ3n) is 1.82. The molecule has 1 fully saturated rings. The van der Waals surface area contributed by atoms with Crippen LogP contribution in [0.2, 0.25) is 0 Å². The fourth-order valence-electron chi connectivity index (χ4n) is 1.07. The van der Waals surface area contributed by atoms with Crippen LogP contribution in [0.5, 0.6) is 0 Å². The minimum Gasteiger partial charge on any atom is -0.450 e. The van der Waals surface area contributed by atoms with Crippen LogP contribution in [-0.2, 0) is 14.3 Å². The maximum absolute atomic E-state index is 11.2. The first kappa shape index (κ1) is 9.03. The Morgan fingerprint density at radius 2 is 2.00 bits per heavy atom. The maximum Gasteiger partial charge on any atom is 0.329 e. The number of cyclic esters (lactones) is 1. The highest BCUT2D eigenvalue weighted by Gasteiger charge is 2.34. The molecule has 1 rings (SSSR count). The summed E-state index contributed by atoms with van der Waals surface area (Å²) in [6.45, 7) is 5.29. The van der Waals surface area contributed by atoms with Gasteiger partial charge in [-0.3, -0.25) is 4.79 Å². The second kappa shape index (κ2) is 3.13. The Kier molecular flexibility index (Phi) is 2.35. The van der Waals surface area contributed by atoms with Crippen LogP contribution in [0.1, 0.15) is 20.8 Å². The lowest BCUT2D eigenvalue weighted by molar-refractivity contribution is -0.167. The van der Waals surface area contributed by atoms with Crippen molar-refractivity contribution in [3.8, 4) is 0 Å². The first-order chi connectivity index (χ1) is 5.52. The smallest absolute Gasteiger partial charge is 0.329 e. The molecule has 1 aliphatic heterocycles. The number of morpholine rings is 1. The van der Waals surface area contributed by atoms with E-state index in [0.29, 0.717) is 0 Å². The van der Waals surface area contributed by atoms with Crippen LogP contribution in [0.4, 0.5) is 0 Å². The quantitative estimate of drug-likeness (QED) is 0.568. The minimum absolute atomic E-state index is 0.0291. The summed E-state index contributed by atoms with van der Waals surface area (Å²) in [5.74, 6) is -0.521. The highest BCUT2D eigenvalue weighted by Crippen LogP contribution is 2.12. The molecule has 12 heavy (non-hydrogen) atoms. The summed E-state index contributed by atoms with van der Waals surface area (Å²) in [4.78, 5) is 22.2. The Labute approximate surface area is 71.3 Å². The lowest BCUT2D eigenvalue weighted by atomic mass is 10.0. The highest BCUT2D eigenvalue weighted by molar-refractivity contribution is 5.92. The molecule has 68 valence electrons. The zero-order valence-corrected chi connectivity index (χ0v) is 7.46. The SMILES string of the molecule is CC(C)[C@@H]1OC(=O)[C@@H](C)NC1=O. The van der Waals surface area contributed by atoms with E-state index in [1.807, 2.05) is 13.8 Å². The molecule has 0 radical (unpaired) electrons. The Morgan fingerprint density at radius 3 is 2.50 bits per heavy atom. The summed E-state index contributed by atoms with van der Waals surface area (Å²) in [5, 5.41) is 2.55. The third kappa shape index (κ3) is 1.57. The van der Waals surface area contributed by atoms with Crippen LogP contribution in [0.3, 0.4) is 0 Å². The van der Waals surface area contributed by atoms with E-state index < -0.39 is 12.1 Å². The van der Waals surface area contributed by atoms with Crippen molar-refractivity contribution < 1.29 is 14.3 Å². The molecule has 1 saturated heterocycles. The molecule has 4 heteroatoms. The summed E-state index contributed by atoms with van der Waals surface area (Å²) < 4.78 is 4.92. The number of carbonyl (C=O) groups is 2. The molecule has 0 aromatic heterocycles. The van der Waals surface area contributed by atoms with Crippen molar-refractivity contribution in [1.29, 1.82) is 0 Å². The standard InChI is InChI=1S/C8H13NO3/c1-4(2)6-7(10)9-5(3)8(11)12-6/h4-6H,1-3H3,(H,9,10)/t5-,6+/m1/s1. The van der Waals surface area contributed by atoms with Crippen molar-refractivity contribution in [2.24, 2.45) is 5.92 Å². The van der Waals surface area contributed by atoms with E-state index in [1.54, 1.807) is 6.92 Å². The molecule has 0 aromatic carbocycles. The second-order valence-corrected chi connectivity index (χ2v) is 3.33. The van der Waals surface area contributed by atoms with Gasteiger partial charge >= 0.3 is 5.97 Å². The molecule has 0 aliphatic carbocycles. The second-order valence-electron chi connectivity index (χ2n) is 3.33. The number of esters is 1. The molecule has 0 bridgehead atoms. The monoisotopic (exact) mass is 171 g/mol. The first-order valence-corrected chi connectivity index (χ1v) is 4.03. The van der Waals surface area contributed by atoms with Crippen LogP contribution >= 0.6 is 0 Å². The van der Waals surface area contributed by atoms with Gasteiger partial charge in [-0.05, 0) is 12.8 Å². The maximum atomic E-state index is 11.2. The normalized spacial score (nSPS) is 30.0. The van der Waals surface area contributed by atoms with Gasteiger partial charge in [-0.25, -0.2) is 4.79 Å². The number of ether oxygens (including phenoxy) is 1. The topological polar surface area (TPSA) is 55.4 Å². The van der Waals surface area contributed by atoms with E-state index in [2.05, 4.69) is 5.32 Å². The van der Waals surface area contributed by atoms with Gasteiger partial charge in [0.15, 0.2) is 6.10 Å². The van der Waals surface area contributed by atoms with Gasteiger partial charge in [0.25, 0.3) is 5.91 Å². The Balaban J connectivity index is 2.68. The van der Waals surface area contributed by atoms with E-state index in [9.17, 15) is 9.59 Å². The zero-order chi connectivity index (χ0) is 9.30. The molecule has 0 unspecified atom stereocenters. The van der Waals surface area contributed by atoms with E-state index in [-0.39, 0.29) is 17.8 Å². The van der Waals surface area contributed by atoms with Crippen molar-refractivity contribution in [3.05, 3.63) is 0 Å². The van der Waals surface area contributed by atoms with Gasteiger partial charge in [-0.2, -0.15) is 0 Å². The fourth-order valence-corrected chi connectivity index (χ4v) is 1.07. The summed E-state index contributed by atoms with van der Waals surface area (Å²) in [5.41, 5.74) is 0. The van der Waals surface area contributed by atoms with Crippen LogP contribution in [0.25, 0.3) is 0 Å². The Morgan fingerprint density at radius 1 is 1.42 bits per heavy atom.